The van der Waals surface area contributed by atoms with Crippen molar-refractivity contribution >= 4 is 11.9 Å². The summed E-state index contributed by atoms with van der Waals surface area (Å²) in [5.74, 6) is -0.619. The summed E-state index contributed by atoms with van der Waals surface area (Å²) >= 11 is 0. The van der Waals surface area contributed by atoms with Gasteiger partial charge < -0.3 is 9.47 Å². The van der Waals surface area contributed by atoms with Crippen LogP contribution in [0, 0.1) is 5.92 Å². The highest BCUT2D eigenvalue weighted by Crippen LogP contribution is 2.14. The highest BCUT2D eigenvalue weighted by molar-refractivity contribution is 5.91. The lowest BCUT2D eigenvalue weighted by molar-refractivity contribution is 0.0420. The van der Waals surface area contributed by atoms with Crippen molar-refractivity contribution in [2.45, 2.75) is 65.7 Å². The van der Waals surface area contributed by atoms with Gasteiger partial charge in [0.2, 0.25) is 0 Å². The quantitative estimate of drug-likeness (QED) is 0.400. The van der Waals surface area contributed by atoms with E-state index < -0.39 is 11.9 Å². The molecule has 0 radical (unpaired) electrons. The van der Waals surface area contributed by atoms with Crippen LogP contribution in [-0.2, 0) is 9.47 Å². The number of unbranched alkanes of at least 4 members (excludes halogenated alkanes) is 3. The van der Waals surface area contributed by atoms with E-state index >= 15 is 0 Å². The lowest BCUT2D eigenvalue weighted by Gasteiger charge is -2.14. The van der Waals surface area contributed by atoms with Gasteiger partial charge >= 0.3 is 11.9 Å². The third-order valence-electron chi connectivity index (χ3n) is 4.14. The Kier molecular flexibility index (Phi) is 10.5. The van der Waals surface area contributed by atoms with E-state index in [-0.39, 0.29) is 11.4 Å². The molecule has 0 bridgehead atoms. The van der Waals surface area contributed by atoms with E-state index in [1.54, 1.807) is 18.2 Å². The Balaban J connectivity index is 2.55. The molecule has 0 fully saturated rings. The van der Waals surface area contributed by atoms with E-state index in [1.165, 1.54) is 0 Å². The highest BCUT2D eigenvalue weighted by Gasteiger charge is 2.16. The molecular formula is C20H31NO4. The molecule has 1 aromatic heterocycles. The number of hydrogen-bond acceptors (Lipinski definition) is 5. The maximum atomic E-state index is 12.2. The molecule has 0 saturated carbocycles. The monoisotopic (exact) mass is 349 g/mol. The zero-order valence-corrected chi connectivity index (χ0v) is 15.8. The number of esters is 2. The van der Waals surface area contributed by atoms with Crippen LogP contribution in [0.3, 0.4) is 0 Å². The molecule has 0 saturated heterocycles. The fourth-order valence-electron chi connectivity index (χ4n) is 2.42. The fourth-order valence-corrected chi connectivity index (χ4v) is 2.42. The molecule has 25 heavy (non-hydrogen) atoms. The summed E-state index contributed by atoms with van der Waals surface area (Å²) in [6.45, 7) is 7.10. The molecular weight excluding hydrogens is 318 g/mol. The highest BCUT2D eigenvalue weighted by atomic mass is 16.5. The van der Waals surface area contributed by atoms with Crippen molar-refractivity contribution in [2.75, 3.05) is 13.2 Å². The normalized spacial score (nSPS) is 11.8. The van der Waals surface area contributed by atoms with Crippen LogP contribution in [0.4, 0.5) is 0 Å². The van der Waals surface area contributed by atoms with Crippen molar-refractivity contribution in [3.8, 4) is 0 Å². The number of hydrogen-bond donors (Lipinski definition) is 0. The Hall–Kier alpha value is -1.91. The number of ether oxygens (including phenoxy) is 2. The van der Waals surface area contributed by atoms with E-state index in [9.17, 15) is 9.59 Å². The number of rotatable bonds is 12. The first-order valence-corrected chi connectivity index (χ1v) is 9.43. The van der Waals surface area contributed by atoms with Gasteiger partial charge in [-0.1, -0.05) is 58.9 Å². The number of aromatic nitrogens is 1. The number of nitrogens with zero attached hydrogens (tertiary/aromatic N) is 1. The number of carbonyl (C=O) groups excluding carboxylic acids is 2. The molecule has 0 N–H and O–H groups in total. The topological polar surface area (TPSA) is 65.5 Å². The van der Waals surface area contributed by atoms with Crippen molar-refractivity contribution in [3.05, 3.63) is 29.6 Å². The first-order chi connectivity index (χ1) is 12.1. The smallest absolute Gasteiger partial charge is 0.356 e. The summed E-state index contributed by atoms with van der Waals surface area (Å²) in [6, 6.07) is 4.73. The Labute approximate surface area is 151 Å². The Bertz CT molecular complexity index is 530. The molecule has 1 rings (SSSR count). The minimum absolute atomic E-state index is 0.143. The molecule has 5 heteroatoms. The molecule has 0 aliphatic rings. The lowest BCUT2D eigenvalue weighted by Crippen LogP contribution is -2.16. The molecule has 0 aliphatic heterocycles. The largest absolute Gasteiger partial charge is 0.461 e. The first-order valence-electron chi connectivity index (χ1n) is 9.43. The van der Waals surface area contributed by atoms with E-state index in [0.29, 0.717) is 19.1 Å². The zero-order valence-electron chi connectivity index (χ0n) is 15.8. The average Bonchev–Trinajstić information content (AvgIpc) is 2.65. The summed E-state index contributed by atoms with van der Waals surface area (Å²) in [5, 5.41) is 0. The maximum Gasteiger partial charge on any atom is 0.356 e. The van der Waals surface area contributed by atoms with Gasteiger partial charge in [0.1, 0.15) is 11.4 Å². The van der Waals surface area contributed by atoms with Crippen LogP contribution in [0.15, 0.2) is 18.2 Å². The molecule has 1 atom stereocenters. The average molecular weight is 349 g/mol. The maximum absolute atomic E-state index is 12.2. The fraction of sp³-hybridized carbons (Fsp3) is 0.650. The first kappa shape index (κ1) is 21.1. The van der Waals surface area contributed by atoms with Crippen LogP contribution in [-0.4, -0.2) is 30.1 Å². The summed E-state index contributed by atoms with van der Waals surface area (Å²) in [4.78, 5) is 28.2. The van der Waals surface area contributed by atoms with Crippen LogP contribution < -0.4 is 0 Å². The van der Waals surface area contributed by atoms with Gasteiger partial charge in [-0.3, -0.25) is 0 Å². The molecule has 140 valence electrons. The third kappa shape index (κ3) is 8.14. The standard InChI is InChI=1S/C20H31NO4/c1-4-7-9-14-24-19(22)17-12-10-13-18(21-17)20(23)25-15-16(6-3)11-8-5-2/h10,12-13,16H,4-9,11,14-15H2,1-3H3. The molecule has 5 nitrogen and oxygen atoms in total. The third-order valence-corrected chi connectivity index (χ3v) is 4.14. The van der Waals surface area contributed by atoms with Gasteiger partial charge in [0, 0.05) is 0 Å². The molecule has 1 unspecified atom stereocenters. The number of pyridine rings is 1. The summed E-state index contributed by atoms with van der Waals surface area (Å²) in [7, 11) is 0. The Morgan fingerprint density at radius 2 is 1.60 bits per heavy atom. The SMILES string of the molecule is CCCCCOC(=O)c1cccc(C(=O)OCC(CC)CCCC)n1. The van der Waals surface area contributed by atoms with Gasteiger partial charge in [0.25, 0.3) is 0 Å². The summed E-state index contributed by atoms with van der Waals surface area (Å²) < 4.78 is 10.5. The second-order valence-corrected chi connectivity index (χ2v) is 6.27. The van der Waals surface area contributed by atoms with Crippen molar-refractivity contribution in [2.24, 2.45) is 5.92 Å². The Morgan fingerprint density at radius 1 is 0.960 bits per heavy atom. The van der Waals surface area contributed by atoms with Gasteiger partial charge in [-0.05, 0) is 30.9 Å². The van der Waals surface area contributed by atoms with E-state index in [4.69, 9.17) is 9.47 Å². The predicted octanol–water partition coefficient (Wildman–Crippen LogP) is 4.80. The second-order valence-electron chi connectivity index (χ2n) is 6.27. The lowest BCUT2D eigenvalue weighted by atomic mass is 10.0. The van der Waals surface area contributed by atoms with Gasteiger partial charge in [0.15, 0.2) is 0 Å². The van der Waals surface area contributed by atoms with Gasteiger partial charge in [-0.15, -0.1) is 0 Å². The number of carbonyl (C=O) groups is 2. The van der Waals surface area contributed by atoms with Crippen LogP contribution in [0.5, 0.6) is 0 Å². The van der Waals surface area contributed by atoms with Gasteiger partial charge in [-0.25, -0.2) is 14.6 Å². The summed E-state index contributed by atoms with van der Waals surface area (Å²) in [6.07, 6.45) is 7.21. The molecule has 0 aliphatic carbocycles. The van der Waals surface area contributed by atoms with E-state index in [2.05, 4.69) is 25.8 Å². The van der Waals surface area contributed by atoms with Gasteiger partial charge in [0.05, 0.1) is 13.2 Å². The molecule has 0 spiro atoms. The van der Waals surface area contributed by atoms with Crippen molar-refractivity contribution in [3.63, 3.8) is 0 Å². The molecule has 1 heterocycles. The minimum Gasteiger partial charge on any atom is -0.461 e. The molecule has 0 aromatic carbocycles. The minimum atomic E-state index is -0.500. The molecule has 1 aromatic rings. The zero-order chi connectivity index (χ0) is 18.5. The van der Waals surface area contributed by atoms with Crippen LogP contribution in [0.1, 0.15) is 86.7 Å². The van der Waals surface area contributed by atoms with Crippen LogP contribution >= 0.6 is 0 Å². The van der Waals surface area contributed by atoms with Crippen molar-refractivity contribution in [1.29, 1.82) is 0 Å². The van der Waals surface area contributed by atoms with Crippen molar-refractivity contribution in [1.82, 2.24) is 4.98 Å². The van der Waals surface area contributed by atoms with E-state index in [1.807, 2.05) is 0 Å². The van der Waals surface area contributed by atoms with Crippen LogP contribution in [0.25, 0.3) is 0 Å². The van der Waals surface area contributed by atoms with Crippen molar-refractivity contribution < 1.29 is 19.1 Å². The summed E-state index contributed by atoms with van der Waals surface area (Å²) in [5.41, 5.74) is 0.289. The van der Waals surface area contributed by atoms with E-state index in [0.717, 1.165) is 44.9 Å². The van der Waals surface area contributed by atoms with Crippen LogP contribution in [0.2, 0.25) is 0 Å². The second kappa shape index (κ2) is 12.5. The predicted molar refractivity (Wildman–Crippen MR) is 97.6 cm³/mol. The van der Waals surface area contributed by atoms with Gasteiger partial charge in [-0.2, -0.15) is 0 Å². The molecule has 0 amide bonds. The Morgan fingerprint density at radius 3 is 2.20 bits per heavy atom.